The first-order valence-corrected chi connectivity index (χ1v) is 6.54. The third kappa shape index (κ3) is 2.46. The molecule has 0 atom stereocenters. The highest BCUT2D eigenvalue weighted by Crippen LogP contribution is 2.26. The molecule has 0 aliphatic carbocycles. The number of carbonyl (C=O) groups is 1. The fraction of sp³-hybridized carbons (Fsp3) is 0.0625. The topological polar surface area (TPSA) is 57.0 Å². The summed E-state index contributed by atoms with van der Waals surface area (Å²) in [7, 11) is 1.57. The number of rotatable bonds is 4. The van der Waals surface area contributed by atoms with Gasteiger partial charge >= 0.3 is 0 Å². The van der Waals surface area contributed by atoms with Crippen LogP contribution in [0.15, 0.2) is 48.5 Å². The van der Waals surface area contributed by atoms with Crippen LogP contribution >= 0.6 is 0 Å². The number of hydrogen-bond donors (Lipinski definition) is 0. The van der Waals surface area contributed by atoms with Gasteiger partial charge in [-0.05, 0) is 42.5 Å². The second-order valence-corrected chi connectivity index (χ2v) is 4.56. The Labute approximate surface area is 126 Å². The van der Waals surface area contributed by atoms with Crippen molar-refractivity contribution in [2.24, 2.45) is 0 Å². The summed E-state index contributed by atoms with van der Waals surface area (Å²) in [5.41, 5.74) is 1.92. The van der Waals surface area contributed by atoms with E-state index in [1.54, 1.807) is 43.5 Å². The molecule has 5 nitrogen and oxygen atoms in total. The molecule has 0 fully saturated rings. The van der Waals surface area contributed by atoms with E-state index in [2.05, 4.69) is 10.3 Å². The Bertz CT molecular complexity index is 813. The van der Waals surface area contributed by atoms with Crippen molar-refractivity contribution in [3.05, 3.63) is 60.0 Å². The van der Waals surface area contributed by atoms with E-state index in [0.29, 0.717) is 23.4 Å². The van der Waals surface area contributed by atoms with Crippen LogP contribution in [0.25, 0.3) is 16.9 Å². The van der Waals surface area contributed by atoms with Gasteiger partial charge in [-0.1, -0.05) is 11.3 Å². The maximum Gasteiger partial charge on any atom is 0.172 e. The molecule has 0 spiro atoms. The van der Waals surface area contributed by atoms with Gasteiger partial charge in [0.2, 0.25) is 0 Å². The average Bonchev–Trinajstić information content (AvgIpc) is 2.99. The molecule has 1 aromatic heterocycles. The molecule has 110 valence electrons. The van der Waals surface area contributed by atoms with Crippen LogP contribution in [0.4, 0.5) is 4.39 Å². The van der Waals surface area contributed by atoms with Crippen molar-refractivity contribution in [3.8, 4) is 22.7 Å². The molecule has 3 rings (SSSR count). The summed E-state index contributed by atoms with van der Waals surface area (Å²) in [6.07, 6.45) is 0.627. The summed E-state index contributed by atoms with van der Waals surface area (Å²) in [4.78, 5) is 11.2. The lowest BCUT2D eigenvalue weighted by atomic mass is 10.1. The molecular weight excluding hydrogens is 285 g/mol. The highest BCUT2D eigenvalue weighted by Gasteiger charge is 2.16. The smallest absolute Gasteiger partial charge is 0.172 e. The zero-order chi connectivity index (χ0) is 15.5. The number of aldehydes is 1. The first kappa shape index (κ1) is 13.9. The molecule has 0 aliphatic heterocycles. The minimum atomic E-state index is -0.388. The van der Waals surface area contributed by atoms with Crippen molar-refractivity contribution in [2.75, 3.05) is 7.11 Å². The summed E-state index contributed by atoms with van der Waals surface area (Å²) in [5.74, 6) is 0.308. The molecule has 1 heterocycles. The number of methoxy groups -OCH3 is 1. The van der Waals surface area contributed by atoms with Gasteiger partial charge in [0.15, 0.2) is 12.0 Å². The number of aromatic nitrogens is 3. The van der Waals surface area contributed by atoms with Crippen molar-refractivity contribution < 1.29 is 13.9 Å². The Morgan fingerprint density at radius 2 is 1.95 bits per heavy atom. The van der Waals surface area contributed by atoms with Gasteiger partial charge in [0.25, 0.3) is 0 Å². The van der Waals surface area contributed by atoms with E-state index < -0.39 is 0 Å². The Balaban J connectivity index is 2.16. The molecule has 0 unspecified atom stereocenters. The molecule has 0 saturated carbocycles. The van der Waals surface area contributed by atoms with E-state index in [1.165, 1.54) is 16.8 Å². The third-order valence-corrected chi connectivity index (χ3v) is 3.22. The first-order chi connectivity index (χ1) is 10.7. The van der Waals surface area contributed by atoms with Crippen LogP contribution in [0.5, 0.6) is 5.75 Å². The van der Waals surface area contributed by atoms with Crippen LogP contribution in [-0.4, -0.2) is 28.4 Å². The standard InChI is InChI=1S/C16H12FN3O2/c1-22-14-7-5-11(6-8-14)16-15(10-21)18-19-20(16)13-4-2-3-12(17)9-13/h2-10H,1H3. The second-order valence-electron chi connectivity index (χ2n) is 4.56. The molecule has 6 heteroatoms. The van der Waals surface area contributed by atoms with E-state index in [4.69, 9.17) is 4.74 Å². The van der Waals surface area contributed by atoms with Gasteiger partial charge in [-0.3, -0.25) is 4.79 Å². The van der Waals surface area contributed by atoms with Crippen LogP contribution in [0, 0.1) is 5.82 Å². The predicted molar refractivity (Wildman–Crippen MR) is 78.7 cm³/mol. The van der Waals surface area contributed by atoms with Gasteiger partial charge in [0.05, 0.1) is 12.8 Å². The summed E-state index contributed by atoms with van der Waals surface area (Å²) in [6, 6.07) is 13.1. The van der Waals surface area contributed by atoms with Crippen molar-refractivity contribution in [1.82, 2.24) is 15.0 Å². The predicted octanol–water partition coefficient (Wildman–Crippen LogP) is 2.89. The first-order valence-electron chi connectivity index (χ1n) is 6.54. The molecule has 0 radical (unpaired) electrons. The third-order valence-electron chi connectivity index (χ3n) is 3.22. The van der Waals surface area contributed by atoms with Crippen LogP contribution in [0.1, 0.15) is 10.5 Å². The van der Waals surface area contributed by atoms with Gasteiger partial charge in [-0.2, -0.15) is 0 Å². The summed E-state index contributed by atoms with van der Waals surface area (Å²) >= 11 is 0. The number of benzene rings is 2. The molecule has 3 aromatic rings. The minimum Gasteiger partial charge on any atom is -0.497 e. The lowest BCUT2D eigenvalue weighted by Crippen LogP contribution is -2.00. The van der Waals surface area contributed by atoms with Crippen molar-refractivity contribution in [1.29, 1.82) is 0 Å². The Kier molecular flexibility index (Phi) is 3.65. The van der Waals surface area contributed by atoms with E-state index in [0.717, 1.165) is 5.56 Å². The normalized spacial score (nSPS) is 10.5. The van der Waals surface area contributed by atoms with Crippen LogP contribution in [-0.2, 0) is 0 Å². The lowest BCUT2D eigenvalue weighted by Gasteiger charge is -2.08. The van der Waals surface area contributed by atoms with Gasteiger partial charge in [-0.15, -0.1) is 5.10 Å². The molecule has 22 heavy (non-hydrogen) atoms. The summed E-state index contributed by atoms with van der Waals surface area (Å²) in [6.45, 7) is 0. The van der Waals surface area contributed by atoms with E-state index in [-0.39, 0.29) is 11.5 Å². The number of carbonyl (C=O) groups excluding carboxylic acids is 1. The highest BCUT2D eigenvalue weighted by atomic mass is 19.1. The quantitative estimate of drug-likeness (QED) is 0.695. The fourth-order valence-electron chi connectivity index (χ4n) is 2.18. The number of hydrogen-bond acceptors (Lipinski definition) is 4. The molecule has 2 aromatic carbocycles. The molecule has 0 bridgehead atoms. The van der Waals surface area contributed by atoms with Gasteiger partial charge in [0.1, 0.15) is 17.3 Å². The Hall–Kier alpha value is -3.02. The second kappa shape index (κ2) is 5.77. The zero-order valence-corrected chi connectivity index (χ0v) is 11.7. The van der Waals surface area contributed by atoms with Crippen molar-refractivity contribution in [3.63, 3.8) is 0 Å². The summed E-state index contributed by atoms with van der Waals surface area (Å²) < 4.78 is 20.0. The number of nitrogens with zero attached hydrogens (tertiary/aromatic N) is 3. The molecule has 0 N–H and O–H groups in total. The molecule has 0 aliphatic rings. The van der Waals surface area contributed by atoms with Crippen molar-refractivity contribution >= 4 is 6.29 Å². The van der Waals surface area contributed by atoms with E-state index in [9.17, 15) is 9.18 Å². The van der Waals surface area contributed by atoms with E-state index in [1.807, 2.05) is 0 Å². The highest BCUT2D eigenvalue weighted by molar-refractivity contribution is 5.84. The SMILES string of the molecule is COc1ccc(-c2c(C=O)nnn2-c2cccc(F)c2)cc1. The van der Waals surface area contributed by atoms with E-state index >= 15 is 0 Å². The zero-order valence-electron chi connectivity index (χ0n) is 11.7. The summed E-state index contributed by atoms with van der Waals surface area (Å²) in [5, 5.41) is 7.81. The minimum absolute atomic E-state index is 0.189. The number of ether oxygens (including phenoxy) is 1. The van der Waals surface area contributed by atoms with Gasteiger partial charge in [0, 0.05) is 5.56 Å². The lowest BCUT2D eigenvalue weighted by molar-refractivity contribution is 0.111. The number of halogens is 1. The monoisotopic (exact) mass is 297 g/mol. The Morgan fingerprint density at radius 3 is 2.59 bits per heavy atom. The van der Waals surface area contributed by atoms with Crippen LogP contribution < -0.4 is 4.74 Å². The Morgan fingerprint density at radius 1 is 1.18 bits per heavy atom. The molecule has 0 amide bonds. The molecule has 0 saturated heterocycles. The fourth-order valence-corrected chi connectivity index (χ4v) is 2.18. The maximum atomic E-state index is 13.4. The van der Waals surface area contributed by atoms with Gasteiger partial charge < -0.3 is 4.74 Å². The van der Waals surface area contributed by atoms with Crippen molar-refractivity contribution in [2.45, 2.75) is 0 Å². The van der Waals surface area contributed by atoms with Gasteiger partial charge in [-0.25, -0.2) is 9.07 Å². The maximum absolute atomic E-state index is 13.4. The van der Waals surface area contributed by atoms with Crippen LogP contribution in [0.3, 0.4) is 0 Å². The largest absolute Gasteiger partial charge is 0.497 e. The molecular formula is C16H12FN3O2. The average molecular weight is 297 g/mol. The van der Waals surface area contributed by atoms with Crippen LogP contribution in [0.2, 0.25) is 0 Å².